The van der Waals surface area contributed by atoms with Crippen LogP contribution < -0.4 is 11.3 Å². The predicted molar refractivity (Wildman–Crippen MR) is 68.7 cm³/mol. The molecule has 4 N–H and O–H groups in total. The van der Waals surface area contributed by atoms with Gasteiger partial charge in [0.15, 0.2) is 0 Å². The number of aromatic hydroxyl groups is 1. The fourth-order valence-corrected chi connectivity index (χ4v) is 1.83. The number of nitrogens with two attached hydrogens (primary N) is 1. The van der Waals surface area contributed by atoms with Crippen molar-refractivity contribution in [2.24, 2.45) is 5.84 Å². The van der Waals surface area contributed by atoms with Crippen LogP contribution in [0, 0.1) is 0 Å². The molecule has 1 unspecified atom stereocenters. The van der Waals surface area contributed by atoms with Gasteiger partial charge in [-0.05, 0) is 35.4 Å². The molecular weight excluding hydrogens is 236 g/mol. The van der Waals surface area contributed by atoms with E-state index in [1.807, 2.05) is 36.4 Å². The largest absolute Gasteiger partial charge is 0.508 e. The van der Waals surface area contributed by atoms with Crippen LogP contribution in [0.2, 0.25) is 5.02 Å². The molecule has 2 aromatic rings. The van der Waals surface area contributed by atoms with Gasteiger partial charge in [0.05, 0.1) is 6.04 Å². The van der Waals surface area contributed by atoms with Crippen molar-refractivity contribution in [1.29, 1.82) is 0 Å². The molecule has 0 radical (unpaired) electrons. The molecule has 0 heterocycles. The van der Waals surface area contributed by atoms with E-state index in [4.69, 9.17) is 17.4 Å². The second-order valence-corrected chi connectivity index (χ2v) is 4.18. The van der Waals surface area contributed by atoms with Gasteiger partial charge in [-0.15, -0.1) is 0 Å². The number of hydrazine groups is 1. The Balaban J connectivity index is 2.33. The molecule has 0 saturated heterocycles. The maximum Gasteiger partial charge on any atom is 0.115 e. The number of benzene rings is 2. The molecular formula is C13H13ClN2O. The molecule has 0 aliphatic carbocycles. The molecule has 17 heavy (non-hydrogen) atoms. The quantitative estimate of drug-likeness (QED) is 0.578. The Hall–Kier alpha value is -1.55. The monoisotopic (exact) mass is 248 g/mol. The van der Waals surface area contributed by atoms with E-state index in [0.29, 0.717) is 5.02 Å². The zero-order valence-corrected chi connectivity index (χ0v) is 9.85. The molecule has 0 aliphatic rings. The van der Waals surface area contributed by atoms with Crippen molar-refractivity contribution in [2.75, 3.05) is 0 Å². The standard InChI is InChI=1S/C13H13ClN2O/c14-11-5-1-9(2-6-11)13(16-15)10-3-7-12(17)8-4-10/h1-8,13,16-17H,15H2. The fraction of sp³-hybridized carbons (Fsp3) is 0.0769. The molecule has 0 aliphatic heterocycles. The Kier molecular flexibility index (Phi) is 3.64. The zero-order chi connectivity index (χ0) is 12.3. The van der Waals surface area contributed by atoms with Crippen molar-refractivity contribution in [2.45, 2.75) is 6.04 Å². The summed E-state index contributed by atoms with van der Waals surface area (Å²) in [5.41, 5.74) is 4.74. The van der Waals surface area contributed by atoms with E-state index in [-0.39, 0.29) is 11.8 Å². The van der Waals surface area contributed by atoms with Crippen LogP contribution in [0.15, 0.2) is 48.5 Å². The van der Waals surface area contributed by atoms with E-state index in [1.165, 1.54) is 0 Å². The van der Waals surface area contributed by atoms with E-state index in [1.54, 1.807) is 12.1 Å². The van der Waals surface area contributed by atoms with Gasteiger partial charge in [0, 0.05) is 5.02 Å². The summed E-state index contributed by atoms with van der Waals surface area (Å²) in [6, 6.07) is 14.3. The highest BCUT2D eigenvalue weighted by Gasteiger charge is 2.11. The van der Waals surface area contributed by atoms with Crippen LogP contribution in [0.5, 0.6) is 5.75 Å². The summed E-state index contributed by atoms with van der Waals surface area (Å²) in [5, 5.41) is 9.94. The van der Waals surface area contributed by atoms with E-state index in [9.17, 15) is 5.11 Å². The third-order valence-corrected chi connectivity index (χ3v) is 2.85. The highest BCUT2D eigenvalue weighted by molar-refractivity contribution is 6.30. The first-order valence-electron chi connectivity index (χ1n) is 5.21. The van der Waals surface area contributed by atoms with E-state index >= 15 is 0 Å². The predicted octanol–water partition coefficient (Wildman–Crippen LogP) is 2.60. The average Bonchev–Trinajstić information content (AvgIpc) is 2.35. The van der Waals surface area contributed by atoms with Gasteiger partial charge in [0.2, 0.25) is 0 Å². The van der Waals surface area contributed by atoms with Gasteiger partial charge in [0.25, 0.3) is 0 Å². The molecule has 0 spiro atoms. The smallest absolute Gasteiger partial charge is 0.115 e. The minimum Gasteiger partial charge on any atom is -0.508 e. The van der Waals surface area contributed by atoms with Gasteiger partial charge in [0.1, 0.15) is 5.75 Å². The van der Waals surface area contributed by atoms with Crippen LogP contribution in [-0.2, 0) is 0 Å². The zero-order valence-electron chi connectivity index (χ0n) is 9.10. The summed E-state index contributed by atoms with van der Waals surface area (Å²) < 4.78 is 0. The van der Waals surface area contributed by atoms with E-state index < -0.39 is 0 Å². The fourth-order valence-electron chi connectivity index (χ4n) is 1.71. The molecule has 0 bridgehead atoms. The lowest BCUT2D eigenvalue weighted by Crippen LogP contribution is -2.28. The second kappa shape index (κ2) is 5.19. The van der Waals surface area contributed by atoms with Gasteiger partial charge < -0.3 is 5.11 Å². The Bertz CT molecular complexity index is 436. The summed E-state index contributed by atoms with van der Waals surface area (Å²) >= 11 is 5.84. The third-order valence-electron chi connectivity index (χ3n) is 2.60. The van der Waals surface area contributed by atoms with Crippen LogP contribution in [-0.4, -0.2) is 5.11 Å². The van der Waals surface area contributed by atoms with Crippen molar-refractivity contribution in [1.82, 2.24) is 5.43 Å². The maximum atomic E-state index is 9.25. The maximum absolute atomic E-state index is 9.25. The van der Waals surface area contributed by atoms with Gasteiger partial charge in [-0.1, -0.05) is 35.9 Å². The van der Waals surface area contributed by atoms with Gasteiger partial charge in [-0.25, -0.2) is 5.43 Å². The molecule has 0 saturated carbocycles. The number of phenolic OH excluding ortho intramolecular Hbond substituents is 1. The number of nitrogens with one attached hydrogen (secondary N) is 1. The summed E-state index contributed by atoms with van der Waals surface area (Å²) in [6.07, 6.45) is 0. The Labute approximate surface area is 105 Å². The summed E-state index contributed by atoms with van der Waals surface area (Å²) in [5.74, 6) is 5.80. The van der Waals surface area contributed by atoms with Crippen molar-refractivity contribution >= 4 is 11.6 Å². The normalized spacial score (nSPS) is 12.4. The SMILES string of the molecule is NNC(c1ccc(O)cc1)c1ccc(Cl)cc1. The lowest BCUT2D eigenvalue weighted by Gasteiger charge is -2.17. The lowest BCUT2D eigenvalue weighted by atomic mass is 9.99. The van der Waals surface area contributed by atoms with Crippen molar-refractivity contribution in [3.8, 4) is 5.75 Å². The number of rotatable bonds is 3. The first kappa shape index (κ1) is 11.9. The number of hydrogen-bond acceptors (Lipinski definition) is 3. The Morgan fingerprint density at radius 2 is 1.41 bits per heavy atom. The number of halogens is 1. The van der Waals surface area contributed by atoms with Crippen LogP contribution in [0.1, 0.15) is 17.2 Å². The highest BCUT2D eigenvalue weighted by atomic mass is 35.5. The molecule has 88 valence electrons. The van der Waals surface area contributed by atoms with Gasteiger partial charge in [-0.2, -0.15) is 0 Å². The minimum atomic E-state index is -0.118. The van der Waals surface area contributed by atoms with Crippen LogP contribution in [0.4, 0.5) is 0 Å². The van der Waals surface area contributed by atoms with Crippen LogP contribution in [0.25, 0.3) is 0 Å². The molecule has 3 nitrogen and oxygen atoms in total. The van der Waals surface area contributed by atoms with Crippen LogP contribution in [0.3, 0.4) is 0 Å². The molecule has 2 rings (SSSR count). The number of phenols is 1. The lowest BCUT2D eigenvalue weighted by molar-refractivity contribution is 0.474. The van der Waals surface area contributed by atoms with Gasteiger partial charge in [-0.3, -0.25) is 5.84 Å². The Morgan fingerprint density at radius 1 is 0.941 bits per heavy atom. The number of hydrogen-bond donors (Lipinski definition) is 3. The average molecular weight is 249 g/mol. The summed E-state index contributed by atoms with van der Waals surface area (Å²) in [7, 11) is 0. The summed E-state index contributed by atoms with van der Waals surface area (Å²) in [4.78, 5) is 0. The molecule has 0 aromatic heterocycles. The van der Waals surface area contributed by atoms with Crippen molar-refractivity contribution in [3.05, 3.63) is 64.7 Å². The van der Waals surface area contributed by atoms with Crippen LogP contribution >= 0.6 is 11.6 Å². The van der Waals surface area contributed by atoms with Gasteiger partial charge >= 0.3 is 0 Å². The molecule has 0 fully saturated rings. The molecule has 2 aromatic carbocycles. The highest BCUT2D eigenvalue weighted by Crippen LogP contribution is 2.24. The van der Waals surface area contributed by atoms with Crippen molar-refractivity contribution < 1.29 is 5.11 Å². The topological polar surface area (TPSA) is 58.3 Å². The first-order valence-corrected chi connectivity index (χ1v) is 5.59. The minimum absolute atomic E-state index is 0.118. The molecule has 0 amide bonds. The third kappa shape index (κ3) is 2.77. The molecule has 4 heteroatoms. The first-order chi connectivity index (χ1) is 8.20. The van der Waals surface area contributed by atoms with E-state index in [0.717, 1.165) is 11.1 Å². The van der Waals surface area contributed by atoms with E-state index in [2.05, 4.69) is 5.43 Å². The molecule has 1 atom stereocenters. The van der Waals surface area contributed by atoms with Crippen molar-refractivity contribution in [3.63, 3.8) is 0 Å². The Morgan fingerprint density at radius 3 is 1.88 bits per heavy atom. The second-order valence-electron chi connectivity index (χ2n) is 3.74. The summed E-state index contributed by atoms with van der Waals surface area (Å²) in [6.45, 7) is 0.